The predicted octanol–water partition coefficient (Wildman–Crippen LogP) is 2.55. The average molecular weight is 373 g/mol. The smallest absolute Gasteiger partial charge is 0.262 e. The Hall–Kier alpha value is -2.21. The Kier molecular flexibility index (Phi) is 7.54. The summed E-state index contributed by atoms with van der Waals surface area (Å²) < 4.78 is 0. The van der Waals surface area contributed by atoms with Crippen molar-refractivity contribution >= 4 is 17.7 Å². The number of carbonyl (C=O) groups excluding carboxylic acids is 3. The van der Waals surface area contributed by atoms with Gasteiger partial charge in [0, 0.05) is 6.54 Å². The molecule has 0 aliphatic carbocycles. The number of hydrogen-bond acceptors (Lipinski definition) is 4. The lowest BCUT2D eigenvalue weighted by Crippen LogP contribution is -2.53. The zero-order valence-electron chi connectivity index (χ0n) is 16.8. The summed E-state index contributed by atoms with van der Waals surface area (Å²) in [6, 6.07) is 5.98. The van der Waals surface area contributed by atoms with E-state index in [1.807, 2.05) is 13.8 Å². The molecule has 1 aromatic carbocycles. The van der Waals surface area contributed by atoms with Gasteiger partial charge in [-0.1, -0.05) is 46.2 Å². The second kappa shape index (κ2) is 9.65. The van der Waals surface area contributed by atoms with Gasteiger partial charge in [0.15, 0.2) is 0 Å². The molecule has 1 aliphatic rings. The normalized spacial score (nSPS) is 15.8. The van der Waals surface area contributed by atoms with E-state index in [0.29, 0.717) is 24.1 Å². The third kappa shape index (κ3) is 4.56. The topological polar surface area (TPSA) is 69.7 Å². The van der Waals surface area contributed by atoms with Crippen LogP contribution in [-0.2, 0) is 4.79 Å². The van der Waals surface area contributed by atoms with Crippen molar-refractivity contribution in [2.45, 2.75) is 46.6 Å². The Balaban J connectivity index is 2.09. The molecular formula is C21H31N3O3. The number of nitrogens with zero attached hydrogens (tertiary/aromatic N) is 2. The number of fused-ring (bicyclic) bond motifs is 1. The minimum Gasteiger partial charge on any atom is -0.354 e. The van der Waals surface area contributed by atoms with E-state index in [1.54, 1.807) is 24.3 Å². The van der Waals surface area contributed by atoms with Crippen LogP contribution in [0.15, 0.2) is 24.3 Å². The second-order valence-electron chi connectivity index (χ2n) is 7.03. The van der Waals surface area contributed by atoms with Gasteiger partial charge in [-0.25, -0.2) is 0 Å². The molecule has 1 heterocycles. The first-order valence-corrected chi connectivity index (χ1v) is 9.93. The molecule has 0 saturated heterocycles. The molecule has 6 nitrogen and oxygen atoms in total. The fourth-order valence-electron chi connectivity index (χ4n) is 3.47. The molecule has 0 saturated carbocycles. The summed E-state index contributed by atoms with van der Waals surface area (Å²) in [6.07, 6.45) is 1.54. The summed E-state index contributed by atoms with van der Waals surface area (Å²) in [5.41, 5.74) is 0.760. The van der Waals surface area contributed by atoms with Gasteiger partial charge in [0.1, 0.15) is 6.04 Å². The molecule has 2 atom stereocenters. The summed E-state index contributed by atoms with van der Waals surface area (Å²) in [5.74, 6) is -1.12. The standard InChI is InChI=1S/C21H31N3O3/c1-5-15(4)18(19(25)22-13-10-14-23(6-2)7-3)24-20(26)16-11-8-9-12-17(16)21(24)27/h8-9,11-12,15,18H,5-7,10,13-14H2,1-4H3,(H,22,25). The van der Waals surface area contributed by atoms with Crippen LogP contribution in [0.5, 0.6) is 0 Å². The molecule has 0 bridgehead atoms. The van der Waals surface area contributed by atoms with Gasteiger partial charge in [-0.05, 0) is 44.1 Å². The fourth-order valence-corrected chi connectivity index (χ4v) is 3.47. The monoisotopic (exact) mass is 373 g/mol. The van der Waals surface area contributed by atoms with E-state index in [4.69, 9.17) is 0 Å². The molecule has 3 amide bonds. The van der Waals surface area contributed by atoms with Crippen LogP contribution in [0.4, 0.5) is 0 Å². The minimum atomic E-state index is -0.782. The van der Waals surface area contributed by atoms with Gasteiger partial charge < -0.3 is 10.2 Å². The van der Waals surface area contributed by atoms with Crippen molar-refractivity contribution in [3.8, 4) is 0 Å². The zero-order chi connectivity index (χ0) is 20.0. The number of amides is 3. The first-order valence-electron chi connectivity index (χ1n) is 9.93. The molecule has 148 valence electrons. The summed E-state index contributed by atoms with van der Waals surface area (Å²) in [5, 5.41) is 2.93. The van der Waals surface area contributed by atoms with E-state index >= 15 is 0 Å². The number of nitrogens with one attached hydrogen (secondary N) is 1. The molecule has 2 rings (SSSR count). The molecule has 0 radical (unpaired) electrons. The Morgan fingerprint density at radius 3 is 2.11 bits per heavy atom. The maximum Gasteiger partial charge on any atom is 0.262 e. The van der Waals surface area contributed by atoms with Crippen LogP contribution in [0.1, 0.15) is 61.3 Å². The minimum absolute atomic E-state index is 0.116. The van der Waals surface area contributed by atoms with Crippen molar-refractivity contribution in [1.29, 1.82) is 0 Å². The van der Waals surface area contributed by atoms with Crippen molar-refractivity contribution in [1.82, 2.24) is 15.1 Å². The number of carbonyl (C=O) groups is 3. The maximum atomic E-state index is 12.9. The highest BCUT2D eigenvalue weighted by atomic mass is 16.2. The lowest BCUT2D eigenvalue weighted by Gasteiger charge is -2.30. The molecule has 6 heteroatoms. The van der Waals surface area contributed by atoms with E-state index < -0.39 is 6.04 Å². The summed E-state index contributed by atoms with van der Waals surface area (Å²) >= 11 is 0. The third-order valence-electron chi connectivity index (χ3n) is 5.40. The van der Waals surface area contributed by atoms with Crippen molar-refractivity contribution in [3.05, 3.63) is 35.4 Å². The summed E-state index contributed by atoms with van der Waals surface area (Å²) in [7, 11) is 0. The Bertz CT molecular complexity index is 650. The molecule has 0 fully saturated rings. The maximum absolute atomic E-state index is 12.9. The Labute approximate surface area is 161 Å². The lowest BCUT2D eigenvalue weighted by atomic mass is 9.96. The van der Waals surface area contributed by atoms with Crippen LogP contribution in [0, 0.1) is 5.92 Å². The average Bonchev–Trinajstić information content (AvgIpc) is 2.93. The lowest BCUT2D eigenvalue weighted by molar-refractivity contribution is -0.126. The summed E-state index contributed by atoms with van der Waals surface area (Å²) in [4.78, 5) is 41.9. The molecule has 1 aliphatic heterocycles. The van der Waals surface area contributed by atoms with E-state index in [2.05, 4.69) is 24.1 Å². The number of hydrogen-bond donors (Lipinski definition) is 1. The first-order chi connectivity index (χ1) is 13.0. The zero-order valence-corrected chi connectivity index (χ0v) is 16.8. The largest absolute Gasteiger partial charge is 0.354 e. The first kappa shape index (κ1) is 21.1. The van der Waals surface area contributed by atoms with Gasteiger partial charge in [0.05, 0.1) is 11.1 Å². The van der Waals surface area contributed by atoms with E-state index in [-0.39, 0.29) is 23.6 Å². The Morgan fingerprint density at radius 1 is 1.07 bits per heavy atom. The highest BCUT2D eigenvalue weighted by Gasteiger charge is 2.44. The van der Waals surface area contributed by atoms with Gasteiger partial charge >= 0.3 is 0 Å². The van der Waals surface area contributed by atoms with Crippen molar-refractivity contribution in [2.75, 3.05) is 26.2 Å². The van der Waals surface area contributed by atoms with Crippen LogP contribution < -0.4 is 5.32 Å². The molecular weight excluding hydrogens is 342 g/mol. The third-order valence-corrected chi connectivity index (χ3v) is 5.40. The quantitative estimate of drug-likeness (QED) is 0.505. The van der Waals surface area contributed by atoms with E-state index in [0.717, 1.165) is 31.0 Å². The van der Waals surface area contributed by atoms with Gasteiger partial charge in [-0.3, -0.25) is 19.3 Å². The molecule has 1 N–H and O–H groups in total. The van der Waals surface area contributed by atoms with Crippen molar-refractivity contribution < 1.29 is 14.4 Å². The van der Waals surface area contributed by atoms with Gasteiger partial charge in [0.25, 0.3) is 11.8 Å². The van der Waals surface area contributed by atoms with Gasteiger partial charge in [-0.2, -0.15) is 0 Å². The Morgan fingerprint density at radius 2 is 1.63 bits per heavy atom. The highest BCUT2D eigenvalue weighted by molar-refractivity contribution is 6.22. The van der Waals surface area contributed by atoms with Crippen molar-refractivity contribution in [3.63, 3.8) is 0 Å². The van der Waals surface area contributed by atoms with Crippen LogP contribution in [0.25, 0.3) is 0 Å². The highest BCUT2D eigenvalue weighted by Crippen LogP contribution is 2.28. The molecule has 27 heavy (non-hydrogen) atoms. The SMILES string of the molecule is CCC(C)C(C(=O)NCCCN(CC)CC)N1C(=O)c2ccccc2C1=O. The van der Waals surface area contributed by atoms with Gasteiger partial charge in [-0.15, -0.1) is 0 Å². The molecule has 2 unspecified atom stereocenters. The van der Waals surface area contributed by atoms with E-state index in [9.17, 15) is 14.4 Å². The van der Waals surface area contributed by atoms with Crippen LogP contribution in [0.3, 0.4) is 0 Å². The predicted molar refractivity (Wildman–Crippen MR) is 106 cm³/mol. The van der Waals surface area contributed by atoms with Crippen LogP contribution >= 0.6 is 0 Å². The molecule has 0 aromatic heterocycles. The number of benzene rings is 1. The molecule has 1 aromatic rings. The number of rotatable bonds is 10. The van der Waals surface area contributed by atoms with Crippen LogP contribution in [0.2, 0.25) is 0 Å². The second-order valence-corrected chi connectivity index (χ2v) is 7.03. The van der Waals surface area contributed by atoms with Crippen molar-refractivity contribution in [2.24, 2.45) is 5.92 Å². The number of imide groups is 1. The molecule has 0 spiro atoms. The van der Waals surface area contributed by atoms with Crippen LogP contribution in [-0.4, -0.2) is 59.7 Å². The van der Waals surface area contributed by atoms with Gasteiger partial charge in [0.2, 0.25) is 5.91 Å². The summed E-state index contributed by atoms with van der Waals surface area (Å²) in [6.45, 7) is 11.5. The van der Waals surface area contributed by atoms with E-state index in [1.165, 1.54) is 0 Å². The fraction of sp³-hybridized carbons (Fsp3) is 0.571.